The molecule has 2 aliphatic carbocycles. The molecule has 0 spiro atoms. The summed E-state index contributed by atoms with van der Waals surface area (Å²) in [6.07, 6.45) is 4.34. The average molecular weight is 396 g/mol. The second-order valence-corrected chi connectivity index (χ2v) is 8.83. The molecule has 1 aromatic rings. The highest BCUT2D eigenvalue weighted by Crippen LogP contribution is 2.29. The maximum absolute atomic E-state index is 12.8. The Morgan fingerprint density at radius 3 is 2.41 bits per heavy atom. The topological polar surface area (TPSA) is 122 Å². The van der Waals surface area contributed by atoms with Crippen LogP contribution in [0.25, 0.3) is 0 Å². The van der Waals surface area contributed by atoms with E-state index < -0.39 is 27.8 Å². The van der Waals surface area contributed by atoms with Gasteiger partial charge in [0, 0.05) is 17.6 Å². The number of aliphatic carboxylic acids is 1. The number of sulfonamides is 1. The lowest BCUT2D eigenvalue weighted by Crippen LogP contribution is -2.46. The van der Waals surface area contributed by atoms with Gasteiger partial charge in [0.2, 0.25) is 10.0 Å². The highest BCUT2D eigenvalue weighted by Gasteiger charge is 2.35. The van der Waals surface area contributed by atoms with E-state index in [0.29, 0.717) is 12.8 Å². The van der Waals surface area contributed by atoms with Crippen LogP contribution in [0.4, 0.5) is 0 Å². The third kappa shape index (κ3) is 4.41. The normalized spacial score (nSPS) is 22.9. The maximum atomic E-state index is 12.8. The van der Waals surface area contributed by atoms with Gasteiger partial charge in [-0.15, -0.1) is 0 Å². The van der Waals surface area contributed by atoms with E-state index in [1.165, 1.54) is 25.3 Å². The van der Waals surface area contributed by atoms with Crippen molar-refractivity contribution in [3.05, 3.63) is 23.8 Å². The molecule has 0 unspecified atom stereocenters. The molecular formula is C18H24N2O6S. The molecule has 148 valence electrons. The zero-order valence-electron chi connectivity index (χ0n) is 15.1. The van der Waals surface area contributed by atoms with Crippen LogP contribution in [0, 0.1) is 5.92 Å². The van der Waals surface area contributed by atoms with Crippen molar-refractivity contribution in [2.24, 2.45) is 5.92 Å². The van der Waals surface area contributed by atoms with E-state index in [1.807, 2.05) is 0 Å². The first-order valence-corrected chi connectivity index (χ1v) is 10.5. The minimum absolute atomic E-state index is 0.0680. The first-order chi connectivity index (χ1) is 12.8. The van der Waals surface area contributed by atoms with E-state index in [9.17, 15) is 18.0 Å². The summed E-state index contributed by atoms with van der Waals surface area (Å²) in [5.74, 6) is -1.55. The van der Waals surface area contributed by atoms with Crippen LogP contribution < -0.4 is 14.8 Å². The lowest BCUT2D eigenvalue weighted by molar-refractivity contribution is -0.145. The van der Waals surface area contributed by atoms with Crippen LogP contribution in [-0.4, -0.2) is 44.6 Å². The lowest BCUT2D eigenvalue weighted by atomic mass is 9.80. The zero-order valence-corrected chi connectivity index (χ0v) is 15.9. The number of hydrogen-bond donors (Lipinski definition) is 3. The van der Waals surface area contributed by atoms with E-state index in [1.54, 1.807) is 0 Å². The SMILES string of the molecule is COc1ccc(C(=O)NC2CC(C(=O)O)C2)cc1S(=O)(=O)NC1CCCC1. The summed E-state index contributed by atoms with van der Waals surface area (Å²) < 4.78 is 33.4. The molecule has 0 atom stereocenters. The summed E-state index contributed by atoms with van der Waals surface area (Å²) in [6.45, 7) is 0. The number of carbonyl (C=O) groups excluding carboxylic acids is 1. The van der Waals surface area contributed by atoms with Crippen LogP contribution in [0.3, 0.4) is 0 Å². The second kappa shape index (κ2) is 7.85. The molecule has 0 aliphatic heterocycles. The number of carboxylic acid groups (broad SMARTS) is 1. The molecule has 0 aromatic heterocycles. The number of amides is 1. The van der Waals surface area contributed by atoms with Gasteiger partial charge in [-0.05, 0) is 43.9 Å². The molecule has 27 heavy (non-hydrogen) atoms. The number of methoxy groups -OCH3 is 1. The monoisotopic (exact) mass is 396 g/mol. The van der Waals surface area contributed by atoms with Gasteiger partial charge in [0.25, 0.3) is 5.91 Å². The summed E-state index contributed by atoms with van der Waals surface area (Å²) >= 11 is 0. The minimum atomic E-state index is -3.82. The predicted molar refractivity (Wildman–Crippen MR) is 97.2 cm³/mol. The Balaban J connectivity index is 1.74. The summed E-state index contributed by atoms with van der Waals surface area (Å²) in [5.41, 5.74) is 0.196. The molecule has 0 radical (unpaired) electrons. The molecule has 2 saturated carbocycles. The van der Waals surface area contributed by atoms with Gasteiger partial charge in [-0.1, -0.05) is 12.8 Å². The van der Waals surface area contributed by atoms with Crippen molar-refractivity contribution in [3.8, 4) is 5.75 Å². The summed E-state index contributed by atoms with van der Waals surface area (Å²) in [6, 6.07) is 3.95. The van der Waals surface area contributed by atoms with E-state index >= 15 is 0 Å². The maximum Gasteiger partial charge on any atom is 0.306 e. The molecule has 2 aliphatic rings. The third-order valence-corrected chi connectivity index (χ3v) is 6.76. The van der Waals surface area contributed by atoms with Crippen LogP contribution >= 0.6 is 0 Å². The van der Waals surface area contributed by atoms with Crippen molar-refractivity contribution in [3.63, 3.8) is 0 Å². The first kappa shape index (κ1) is 19.6. The van der Waals surface area contributed by atoms with Gasteiger partial charge in [0.15, 0.2) is 0 Å². The van der Waals surface area contributed by atoms with Gasteiger partial charge in [0.05, 0.1) is 13.0 Å². The summed E-state index contributed by atoms with van der Waals surface area (Å²) in [7, 11) is -2.44. The van der Waals surface area contributed by atoms with Crippen molar-refractivity contribution >= 4 is 21.9 Å². The van der Waals surface area contributed by atoms with Crippen LogP contribution in [0.1, 0.15) is 48.9 Å². The van der Waals surface area contributed by atoms with Gasteiger partial charge in [-0.3, -0.25) is 9.59 Å². The average Bonchev–Trinajstić information content (AvgIpc) is 3.08. The Morgan fingerprint density at radius 1 is 1.15 bits per heavy atom. The summed E-state index contributed by atoms with van der Waals surface area (Å²) in [4.78, 5) is 23.2. The molecule has 8 nitrogen and oxygen atoms in total. The highest BCUT2D eigenvalue weighted by atomic mass is 32.2. The fourth-order valence-electron chi connectivity index (χ4n) is 3.56. The summed E-state index contributed by atoms with van der Waals surface area (Å²) in [5, 5.41) is 11.7. The molecule has 0 saturated heterocycles. The number of ether oxygens (including phenoxy) is 1. The Hall–Kier alpha value is -2.13. The van der Waals surface area contributed by atoms with Gasteiger partial charge in [0.1, 0.15) is 10.6 Å². The molecule has 3 rings (SSSR count). The predicted octanol–water partition coefficient (Wildman–Crippen LogP) is 1.51. The van der Waals surface area contributed by atoms with E-state index in [-0.39, 0.29) is 28.3 Å². The number of carbonyl (C=O) groups is 2. The third-order valence-electron chi connectivity index (χ3n) is 5.21. The zero-order chi connectivity index (χ0) is 19.6. The van der Waals surface area contributed by atoms with Gasteiger partial charge >= 0.3 is 5.97 Å². The number of nitrogens with one attached hydrogen (secondary N) is 2. The van der Waals surface area contributed by atoms with E-state index in [2.05, 4.69) is 10.0 Å². The number of benzene rings is 1. The van der Waals surface area contributed by atoms with Crippen molar-refractivity contribution in [2.45, 2.75) is 55.5 Å². The number of hydrogen-bond acceptors (Lipinski definition) is 5. The van der Waals surface area contributed by atoms with Crippen molar-refractivity contribution < 1.29 is 27.9 Å². The molecular weight excluding hydrogens is 372 g/mol. The molecule has 2 fully saturated rings. The van der Waals surface area contributed by atoms with Gasteiger partial charge in [-0.25, -0.2) is 13.1 Å². The van der Waals surface area contributed by atoms with Crippen molar-refractivity contribution in [2.75, 3.05) is 7.11 Å². The van der Waals surface area contributed by atoms with Gasteiger partial charge < -0.3 is 15.2 Å². The minimum Gasteiger partial charge on any atom is -0.495 e. The number of carboxylic acids is 1. The number of rotatable bonds is 7. The molecule has 3 N–H and O–H groups in total. The molecule has 1 amide bonds. The van der Waals surface area contributed by atoms with Gasteiger partial charge in [-0.2, -0.15) is 0 Å². The van der Waals surface area contributed by atoms with Crippen molar-refractivity contribution in [1.29, 1.82) is 0 Å². The smallest absolute Gasteiger partial charge is 0.306 e. The molecule has 1 aromatic carbocycles. The fourth-order valence-corrected chi connectivity index (χ4v) is 5.06. The Morgan fingerprint density at radius 2 is 1.81 bits per heavy atom. The standard InChI is InChI=1S/C18H24N2O6S/c1-26-15-7-6-11(17(21)19-14-8-12(9-14)18(22)23)10-16(15)27(24,25)20-13-4-2-3-5-13/h6-7,10,12-14,20H,2-5,8-9H2,1H3,(H,19,21)(H,22,23). The van der Waals surface area contributed by atoms with Crippen LogP contribution in [0.2, 0.25) is 0 Å². The largest absolute Gasteiger partial charge is 0.495 e. The second-order valence-electron chi connectivity index (χ2n) is 7.15. The highest BCUT2D eigenvalue weighted by molar-refractivity contribution is 7.89. The van der Waals surface area contributed by atoms with E-state index in [4.69, 9.17) is 9.84 Å². The fraction of sp³-hybridized carbons (Fsp3) is 0.556. The van der Waals surface area contributed by atoms with Crippen LogP contribution in [0.5, 0.6) is 5.75 Å². The lowest BCUT2D eigenvalue weighted by Gasteiger charge is -2.32. The van der Waals surface area contributed by atoms with E-state index in [0.717, 1.165) is 25.7 Å². The molecule has 9 heteroatoms. The van der Waals surface area contributed by atoms with Crippen LogP contribution in [0.15, 0.2) is 23.1 Å². The quantitative estimate of drug-likeness (QED) is 0.642. The van der Waals surface area contributed by atoms with Crippen molar-refractivity contribution in [1.82, 2.24) is 10.0 Å². The Labute approximate surface area is 158 Å². The molecule has 0 bridgehead atoms. The molecule has 0 heterocycles. The Bertz CT molecular complexity index is 826. The van der Waals surface area contributed by atoms with Crippen LogP contribution in [-0.2, 0) is 14.8 Å². The Kier molecular flexibility index (Phi) is 5.71. The first-order valence-electron chi connectivity index (χ1n) is 9.04.